The quantitative estimate of drug-likeness (QED) is 0.404. The highest BCUT2D eigenvalue weighted by Crippen LogP contribution is 2.40. The van der Waals surface area contributed by atoms with E-state index in [1.807, 2.05) is 58.5 Å². The van der Waals surface area contributed by atoms with E-state index in [1.54, 1.807) is 20.0 Å². The van der Waals surface area contributed by atoms with Crippen molar-refractivity contribution in [3.8, 4) is 0 Å². The minimum absolute atomic E-state index is 0.186. The standard InChI is InChI=1S/C28H44N2O5S/c1-18(2)15-23(30-25(32)34-26(4,5)6)28(24(31)33-27(7,8)35-28)17-20-16-22(13-14-29-20)36-21-11-9-19(3)10-12-21/h13-14,16,18-19,21,23H,9-12,15,17H2,1-8H3,(H,30,32)/t19?,21?,23-,28+/m0/s1. The predicted octanol–water partition coefficient (Wildman–Crippen LogP) is 6.28. The fourth-order valence-corrected chi connectivity index (χ4v) is 6.21. The summed E-state index contributed by atoms with van der Waals surface area (Å²) in [5.41, 5.74) is -1.35. The number of carbonyl (C=O) groups excluding carboxylic acids is 2. The summed E-state index contributed by atoms with van der Waals surface area (Å²) in [6.07, 6.45) is 6.87. The molecule has 1 aliphatic heterocycles. The van der Waals surface area contributed by atoms with Crippen molar-refractivity contribution in [2.45, 2.75) is 127 Å². The molecule has 0 bridgehead atoms. The topological polar surface area (TPSA) is 86.8 Å². The Labute approximate surface area is 220 Å². The molecule has 1 N–H and O–H groups in total. The summed E-state index contributed by atoms with van der Waals surface area (Å²) in [6.45, 7) is 15.3. The second-order valence-electron chi connectivity index (χ2n) is 12.3. The van der Waals surface area contributed by atoms with E-state index in [4.69, 9.17) is 14.2 Å². The molecule has 0 spiro atoms. The van der Waals surface area contributed by atoms with Crippen molar-refractivity contribution in [2.24, 2.45) is 11.8 Å². The number of amides is 1. The molecule has 2 atom stereocenters. The predicted molar refractivity (Wildman–Crippen MR) is 142 cm³/mol. The molecule has 1 aromatic heterocycles. The van der Waals surface area contributed by atoms with Gasteiger partial charge in [0.2, 0.25) is 5.79 Å². The van der Waals surface area contributed by atoms with Crippen LogP contribution in [-0.4, -0.2) is 45.3 Å². The van der Waals surface area contributed by atoms with Crippen LogP contribution in [0.1, 0.15) is 93.2 Å². The van der Waals surface area contributed by atoms with Crippen molar-refractivity contribution in [1.82, 2.24) is 10.3 Å². The monoisotopic (exact) mass is 520 g/mol. The molecule has 1 saturated carbocycles. The molecule has 2 fully saturated rings. The van der Waals surface area contributed by atoms with Crippen LogP contribution in [0.2, 0.25) is 0 Å². The Balaban J connectivity index is 1.88. The van der Waals surface area contributed by atoms with E-state index in [9.17, 15) is 9.59 Å². The van der Waals surface area contributed by atoms with Gasteiger partial charge in [-0.3, -0.25) is 4.98 Å². The normalized spacial score (nSPS) is 27.0. The Morgan fingerprint density at radius 1 is 1.25 bits per heavy atom. The first-order valence-corrected chi connectivity index (χ1v) is 14.1. The third-order valence-electron chi connectivity index (χ3n) is 6.57. The molecule has 202 valence electrons. The Hall–Kier alpha value is -1.80. The number of ether oxygens (including phenoxy) is 3. The maximum atomic E-state index is 13.5. The number of carbonyl (C=O) groups is 2. The molecule has 1 amide bonds. The zero-order chi connectivity index (χ0) is 26.7. The average Bonchev–Trinajstić information content (AvgIpc) is 2.96. The van der Waals surface area contributed by atoms with Crippen molar-refractivity contribution in [2.75, 3.05) is 0 Å². The fourth-order valence-electron chi connectivity index (χ4n) is 4.98. The molecule has 8 heteroatoms. The molecule has 7 nitrogen and oxygen atoms in total. The van der Waals surface area contributed by atoms with Crippen LogP contribution in [-0.2, 0) is 25.4 Å². The third kappa shape index (κ3) is 7.85. The Morgan fingerprint density at radius 3 is 2.47 bits per heavy atom. The summed E-state index contributed by atoms with van der Waals surface area (Å²) in [5.74, 6) is -0.618. The highest BCUT2D eigenvalue weighted by Gasteiger charge is 2.59. The highest BCUT2D eigenvalue weighted by atomic mass is 32.2. The Kier molecular flexibility index (Phi) is 9.03. The SMILES string of the molecule is CC(C)C[C@H](NC(=O)OC(C)(C)C)[C@@]1(Cc2cc(SC3CCC(C)CC3)ccn2)OC(C)(C)OC1=O. The van der Waals surface area contributed by atoms with Crippen molar-refractivity contribution < 1.29 is 23.8 Å². The highest BCUT2D eigenvalue weighted by molar-refractivity contribution is 8.00. The molecule has 3 rings (SSSR count). The lowest BCUT2D eigenvalue weighted by atomic mass is 9.84. The molecule has 2 heterocycles. The van der Waals surface area contributed by atoms with Crippen LogP contribution in [0.15, 0.2) is 23.2 Å². The lowest BCUT2D eigenvalue weighted by molar-refractivity contribution is -0.170. The van der Waals surface area contributed by atoms with E-state index in [0.717, 1.165) is 16.5 Å². The summed E-state index contributed by atoms with van der Waals surface area (Å²) in [5, 5.41) is 3.54. The second kappa shape index (κ2) is 11.3. The van der Waals surface area contributed by atoms with Crippen LogP contribution in [0.4, 0.5) is 4.79 Å². The average molecular weight is 521 g/mol. The van der Waals surface area contributed by atoms with Gasteiger partial charge in [0.15, 0.2) is 5.60 Å². The van der Waals surface area contributed by atoms with Gasteiger partial charge in [0, 0.05) is 42.3 Å². The van der Waals surface area contributed by atoms with E-state index in [1.165, 1.54) is 25.7 Å². The minimum Gasteiger partial charge on any atom is -0.444 e. The first-order chi connectivity index (χ1) is 16.7. The number of aromatic nitrogens is 1. The van der Waals surface area contributed by atoms with Crippen LogP contribution < -0.4 is 5.32 Å². The number of thioether (sulfide) groups is 1. The maximum Gasteiger partial charge on any atom is 0.407 e. The molecular weight excluding hydrogens is 476 g/mol. The molecule has 36 heavy (non-hydrogen) atoms. The van der Waals surface area contributed by atoms with Crippen molar-refractivity contribution >= 4 is 23.8 Å². The number of nitrogens with one attached hydrogen (secondary N) is 1. The maximum absolute atomic E-state index is 13.5. The van der Waals surface area contributed by atoms with E-state index in [-0.39, 0.29) is 12.3 Å². The van der Waals surface area contributed by atoms with Gasteiger partial charge in [-0.2, -0.15) is 0 Å². The van der Waals surface area contributed by atoms with Crippen LogP contribution in [0.5, 0.6) is 0 Å². The first-order valence-electron chi connectivity index (χ1n) is 13.2. The van der Waals surface area contributed by atoms with E-state index in [2.05, 4.69) is 17.2 Å². The summed E-state index contributed by atoms with van der Waals surface area (Å²) < 4.78 is 17.5. The van der Waals surface area contributed by atoms with Gasteiger partial charge in [0.05, 0.1) is 6.04 Å². The number of cyclic esters (lactones) is 1. The van der Waals surface area contributed by atoms with E-state index >= 15 is 0 Å². The summed E-state index contributed by atoms with van der Waals surface area (Å²) in [4.78, 5) is 32.0. The molecule has 0 unspecified atom stereocenters. The molecule has 2 aliphatic rings. The van der Waals surface area contributed by atoms with Crippen LogP contribution in [0.3, 0.4) is 0 Å². The van der Waals surface area contributed by atoms with Crippen molar-refractivity contribution in [3.05, 3.63) is 24.0 Å². The summed E-state index contributed by atoms with van der Waals surface area (Å²) in [6, 6.07) is 3.42. The Bertz CT molecular complexity index is 921. The number of nitrogens with zero attached hydrogens (tertiary/aromatic N) is 1. The van der Waals surface area contributed by atoms with Crippen LogP contribution in [0, 0.1) is 11.8 Å². The fraction of sp³-hybridized carbons (Fsp3) is 0.750. The molecule has 1 aliphatic carbocycles. The van der Waals surface area contributed by atoms with Gasteiger partial charge in [-0.25, -0.2) is 9.59 Å². The Morgan fingerprint density at radius 2 is 1.92 bits per heavy atom. The number of pyridine rings is 1. The van der Waals surface area contributed by atoms with Gasteiger partial charge < -0.3 is 19.5 Å². The largest absolute Gasteiger partial charge is 0.444 e. The zero-order valence-corrected chi connectivity index (χ0v) is 24.0. The molecular formula is C28H44N2O5S. The van der Waals surface area contributed by atoms with Gasteiger partial charge in [-0.05, 0) is 76.8 Å². The van der Waals surface area contributed by atoms with Gasteiger partial charge in [0.1, 0.15) is 5.60 Å². The van der Waals surface area contributed by atoms with Crippen molar-refractivity contribution in [1.29, 1.82) is 0 Å². The third-order valence-corrected chi connectivity index (χ3v) is 7.90. The number of hydrogen-bond acceptors (Lipinski definition) is 7. The second-order valence-corrected chi connectivity index (χ2v) is 13.6. The summed E-state index contributed by atoms with van der Waals surface area (Å²) >= 11 is 1.89. The number of hydrogen-bond donors (Lipinski definition) is 1. The molecule has 0 aromatic carbocycles. The van der Waals surface area contributed by atoms with Gasteiger partial charge >= 0.3 is 12.1 Å². The lowest BCUT2D eigenvalue weighted by Crippen LogP contribution is -2.59. The smallest absolute Gasteiger partial charge is 0.407 e. The van der Waals surface area contributed by atoms with Gasteiger partial charge in [-0.15, -0.1) is 11.8 Å². The van der Waals surface area contributed by atoms with E-state index in [0.29, 0.717) is 11.7 Å². The number of alkyl carbamates (subject to hydrolysis) is 1. The lowest BCUT2D eigenvalue weighted by Gasteiger charge is -2.36. The van der Waals surface area contributed by atoms with Gasteiger partial charge in [0.25, 0.3) is 0 Å². The van der Waals surface area contributed by atoms with E-state index < -0.39 is 35.1 Å². The first kappa shape index (κ1) is 28.8. The van der Waals surface area contributed by atoms with Crippen molar-refractivity contribution in [3.63, 3.8) is 0 Å². The molecule has 1 aromatic rings. The summed E-state index contributed by atoms with van der Waals surface area (Å²) in [7, 11) is 0. The molecule has 0 radical (unpaired) electrons. The minimum atomic E-state index is -1.42. The number of esters is 1. The number of rotatable bonds is 8. The van der Waals surface area contributed by atoms with Crippen LogP contribution in [0.25, 0.3) is 0 Å². The van der Waals surface area contributed by atoms with Crippen LogP contribution >= 0.6 is 11.8 Å². The molecule has 1 saturated heterocycles. The van der Waals surface area contributed by atoms with Gasteiger partial charge in [-0.1, -0.05) is 20.8 Å². The zero-order valence-electron chi connectivity index (χ0n) is 23.2.